The van der Waals surface area contributed by atoms with Crippen LogP contribution in [-0.2, 0) is 4.74 Å². The van der Waals surface area contributed by atoms with E-state index in [-0.39, 0.29) is 6.61 Å². The number of aliphatic hydroxyl groups excluding tert-OH is 1. The minimum Gasteiger partial charge on any atom is -0.472 e. The van der Waals surface area contributed by atoms with Crippen LogP contribution in [0.4, 0.5) is 5.82 Å². The number of ether oxygens (including phenoxy) is 2. The predicted octanol–water partition coefficient (Wildman–Crippen LogP) is 0.524. The second-order valence-electron chi connectivity index (χ2n) is 3.87. The van der Waals surface area contributed by atoms with E-state index in [4.69, 9.17) is 9.47 Å². The summed E-state index contributed by atoms with van der Waals surface area (Å²) in [5, 5.41) is 9.45. The molecule has 1 N–H and O–H groups in total. The quantitative estimate of drug-likeness (QED) is 0.831. The highest BCUT2D eigenvalue weighted by molar-refractivity contribution is 6.99. The van der Waals surface area contributed by atoms with Gasteiger partial charge in [0.1, 0.15) is 6.61 Å². The molecular weight excluding hydrogens is 242 g/mol. The molecule has 7 heteroatoms. The Morgan fingerprint density at radius 2 is 2.24 bits per heavy atom. The molecule has 0 saturated carbocycles. The number of aromatic nitrogens is 2. The van der Waals surface area contributed by atoms with Crippen LogP contribution in [0.1, 0.15) is 13.3 Å². The van der Waals surface area contributed by atoms with Gasteiger partial charge in [-0.05, 0) is 6.42 Å². The molecule has 96 valence electrons. The number of aliphatic hydroxyl groups is 1. The zero-order valence-electron chi connectivity index (χ0n) is 9.83. The van der Waals surface area contributed by atoms with Crippen molar-refractivity contribution in [1.29, 1.82) is 0 Å². The van der Waals surface area contributed by atoms with Crippen molar-refractivity contribution >= 4 is 17.5 Å². The highest BCUT2D eigenvalue weighted by Gasteiger charge is 2.20. The summed E-state index contributed by atoms with van der Waals surface area (Å²) in [7, 11) is 0. The summed E-state index contributed by atoms with van der Waals surface area (Å²) in [6.07, 6.45) is 0.221. The van der Waals surface area contributed by atoms with Gasteiger partial charge in [-0.2, -0.15) is 4.37 Å². The molecule has 0 spiro atoms. The molecule has 0 aliphatic carbocycles. The lowest BCUT2D eigenvalue weighted by molar-refractivity contribution is 0.101. The Labute approximate surface area is 104 Å². The maximum Gasteiger partial charge on any atom is 0.270 e. The van der Waals surface area contributed by atoms with Crippen LogP contribution in [0.15, 0.2) is 0 Å². The fraction of sp³-hybridized carbons (Fsp3) is 0.800. The van der Waals surface area contributed by atoms with E-state index in [1.165, 1.54) is 0 Å². The van der Waals surface area contributed by atoms with Crippen molar-refractivity contribution < 1.29 is 14.6 Å². The molecule has 1 atom stereocenters. The molecular formula is C10H17N3O3S. The first-order valence-corrected chi connectivity index (χ1v) is 6.50. The second kappa shape index (κ2) is 6.13. The molecule has 2 rings (SSSR count). The molecule has 2 heterocycles. The van der Waals surface area contributed by atoms with Crippen molar-refractivity contribution in [3.63, 3.8) is 0 Å². The number of anilines is 1. The van der Waals surface area contributed by atoms with Crippen LogP contribution in [0.25, 0.3) is 0 Å². The topological polar surface area (TPSA) is 67.7 Å². The highest BCUT2D eigenvalue weighted by Crippen LogP contribution is 2.26. The Morgan fingerprint density at radius 1 is 1.47 bits per heavy atom. The van der Waals surface area contributed by atoms with E-state index in [1.807, 2.05) is 6.92 Å². The van der Waals surface area contributed by atoms with Gasteiger partial charge in [0.05, 0.1) is 31.0 Å². The first-order chi connectivity index (χ1) is 8.31. The van der Waals surface area contributed by atoms with Gasteiger partial charge < -0.3 is 19.5 Å². The monoisotopic (exact) mass is 259 g/mol. The van der Waals surface area contributed by atoms with Gasteiger partial charge in [0.2, 0.25) is 5.82 Å². The lowest BCUT2D eigenvalue weighted by atomic mass is 10.3. The summed E-state index contributed by atoms with van der Waals surface area (Å²) < 4.78 is 19.1. The summed E-state index contributed by atoms with van der Waals surface area (Å²) in [6, 6.07) is 0. The Bertz CT molecular complexity index is 341. The summed E-state index contributed by atoms with van der Waals surface area (Å²) in [6.45, 7) is 5.19. The molecule has 1 fully saturated rings. The summed E-state index contributed by atoms with van der Waals surface area (Å²) >= 11 is 1.13. The van der Waals surface area contributed by atoms with E-state index in [1.54, 1.807) is 0 Å². The summed E-state index contributed by atoms with van der Waals surface area (Å²) in [5.41, 5.74) is 0. The van der Waals surface area contributed by atoms with Crippen LogP contribution in [-0.4, -0.2) is 52.9 Å². The Hall–Kier alpha value is -0.920. The standard InChI is InChI=1S/C10H17N3O3S/c1-2-8(14)7-16-10-9(11-17-12-10)13-3-5-15-6-4-13/h8,14H,2-7H2,1H3/t8-/m0/s1. The maximum atomic E-state index is 9.45. The Kier molecular flexibility index (Phi) is 4.52. The lowest BCUT2D eigenvalue weighted by Crippen LogP contribution is -2.36. The first-order valence-electron chi connectivity index (χ1n) is 5.77. The fourth-order valence-corrected chi connectivity index (χ4v) is 2.05. The zero-order valence-corrected chi connectivity index (χ0v) is 10.7. The lowest BCUT2D eigenvalue weighted by Gasteiger charge is -2.26. The van der Waals surface area contributed by atoms with Crippen LogP contribution < -0.4 is 9.64 Å². The van der Waals surface area contributed by atoms with Crippen LogP contribution in [0.5, 0.6) is 5.88 Å². The van der Waals surface area contributed by atoms with E-state index in [0.717, 1.165) is 30.6 Å². The molecule has 1 aliphatic rings. The average molecular weight is 259 g/mol. The molecule has 0 bridgehead atoms. The molecule has 1 aromatic heterocycles. The minimum atomic E-state index is -0.450. The van der Waals surface area contributed by atoms with Gasteiger partial charge in [-0.1, -0.05) is 6.92 Å². The van der Waals surface area contributed by atoms with Gasteiger partial charge in [0, 0.05) is 13.1 Å². The average Bonchev–Trinajstić information content (AvgIpc) is 2.85. The van der Waals surface area contributed by atoms with Crippen molar-refractivity contribution in [3.05, 3.63) is 0 Å². The maximum absolute atomic E-state index is 9.45. The van der Waals surface area contributed by atoms with Crippen LogP contribution in [0.2, 0.25) is 0 Å². The van der Waals surface area contributed by atoms with Crippen molar-refractivity contribution in [2.45, 2.75) is 19.4 Å². The van der Waals surface area contributed by atoms with Crippen molar-refractivity contribution in [3.8, 4) is 5.88 Å². The molecule has 6 nitrogen and oxygen atoms in total. The van der Waals surface area contributed by atoms with Crippen LogP contribution in [0.3, 0.4) is 0 Å². The Balaban J connectivity index is 1.95. The molecule has 0 amide bonds. The smallest absolute Gasteiger partial charge is 0.270 e. The number of morpholine rings is 1. The SMILES string of the molecule is CC[C@H](O)COc1nsnc1N1CCOCC1. The molecule has 0 radical (unpaired) electrons. The zero-order chi connectivity index (χ0) is 12.1. The predicted molar refractivity (Wildman–Crippen MR) is 64.7 cm³/mol. The van der Waals surface area contributed by atoms with Crippen molar-refractivity contribution in [1.82, 2.24) is 8.75 Å². The van der Waals surface area contributed by atoms with Gasteiger partial charge in [-0.25, -0.2) is 0 Å². The molecule has 0 aromatic carbocycles. The van der Waals surface area contributed by atoms with Crippen LogP contribution >= 0.6 is 11.7 Å². The summed E-state index contributed by atoms with van der Waals surface area (Å²) in [4.78, 5) is 2.10. The van der Waals surface area contributed by atoms with Crippen molar-refractivity contribution in [2.24, 2.45) is 0 Å². The van der Waals surface area contributed by atoms with Gasteiger partial charge in [0.25, 0.3) is 5.88 Å². The minimum absolute atomic E-state index is 0.263. The third-order valence-corrected chi connectivity index (χ3v) is 3.14. The molecule has 0 unspecified atom stereocenters. The molecule has 17 heavy (non-hydrogen) atoms. The number of hydrogen-bond acceptors (Lipinski definition) is 7. The number of hydrogen-bond donors (Lipinski definition) is 1. The van der Waals surface area contributed by atoms with Crippen LogP contribution in [0, 0.1) is 0 Å². The largest absolute Gasteiger partial charge is 0.472 e. The van der Waals surface area contributed by atoms with E-state index >= 15 is 0 Å². The second-order valence-corrected chi connectivity index (χ2v) is 4.39. The van der Waals surface area contributed by atoms with E-state index in [0.29, 0.717) is 25.5 Å². The van der Waals surface area contributed by atoms with E-state index < -0.39 is 6.10 Å². The van der Waals surface area contributed by atoms with Gasteiger partial charge in [-0.3, -0.25) is 0 Å². The van der Waals surface area contributed by atoms with E-state index in [9.17, 15) is 5.11 Å². The number of nitrogens with zero attached hydrogens (tertiary/aromatic N) is 3. The molecule has 1 aromatic rings. The van der Waals surface area contributed by atoms with Gasteiger partial charge in [0.15, 0.2) is 0 Å². The normalized spacial score (nSPS) is 18.1. The third-order valence-electron chi connectivity index (χ3n) is 2.64. The Morgan fingerprint density at radius 3 is 2.94 bits per heavy atom. The van der Waals surface area contributed by atoms with E-state index in [2.05, 4.69) is 13.6 Å². The fourth-order valence-electron chi connectivity index (χ4n) is 1.53. The van der Waals surface area contributed by atoms with Gasteiger partial charge >= 0.3 is 0 Å². The molecule has 1 saturated heterocycles. The van der Waals surface area contributed by atoms with Crippen molar-refractivity contribution in [2.75, 3.05) is 37.8 Å². The third kappa shape index (κ3) is 3.27. The van der Waals surface area contributed by atoms with Gasteiger partial charge in [-0.15, -0.1) is 4.37 Å². The number of rotatable bonds is 5. The molecule has 1 aliphatic heterocycles. The highest BCUT2D eigenvalue weighted by atomic mass is 32.1. The summed E-state index contributed by atoms with van der Waals surface area (Å²) in [5.74, 6) is 1.28. The first kappa shape index (κ1) is 12.5.